The van der Waals surface area contributed by atoms with Crippen molar-refractivity contribution in [3.63, 3.8) is 0 Å². The van der Waals surface area contributed by atoms with Gasteiger partial charge in [0.15, 0.2) is 0 Å². The van der Waals surface area contributed by atoms with Crippen molar-refractivity contribution in [3.05, 3.63) is 0 Å². The number of hydrogen-bond donors (Lipinski definition) is 4. The molecule has 86 valence electrons. The van der Waals surface area contributed by atoms with Gasteiger partial charge in [0.25, 0.3) is 0 Å². The molecule has 0 saturated carbocycles. The molecule has 7 nitrogen and oxygen atoms in total. The molecule has 0 unspecified atom stereocenters. The topological polar surface area (TPSA) is 130 Å². The van der Waals surface area contributed by atoms with Crippen LogP contribution in [0.2, 0.25) is 0 Å². The van der Waals surface area contributed by atoms with Gasteiger partial charge in [-0.25, -0.2) is 4.79 Å². The average Bonchev–Trinajstić information content (AvgIpc) is 2.52. The van der Waals surface area contributed by atoms with Crippen LogP contribution < -0.4 is 11.1 Å². The van der Waals surface area contributed by atoms with Gasteiger partial charge >= 0.3 is 11.9 Å². The van der Waals surface area contributed by atoms with Gasteiger partial charge in [0.1, 0.15) is 12.1 Å². The van der Waals surface area contributed by atoms with E-state index in [0.717, 1.165) is 0 Å². The van der Waals surface area contributed by atoms with Crippen molar-refractivity contribution in [3.8, 4) is 0 Å². The normalized spacial score (nSPS) is 20.9. The van der Waals surface area contributed by atoms with E-state index >= 15 is 0 Å². The molecule has 15 heavy (non-hydrogen) atoms. The molecule has 0 aromatic carbocycles. The standard InChI is InChI=1S/C5H7NO3.C3H7NO2/c7-4-2-1-3(6-4)5(8)9;1-2(4)3(5)6/h3H,1-2H2,(H,6,7)(H,8,9);2H,4H2,1H3,(H,5,6)/t3-;2-/m00/s1. The highest BCUT2D eigenvalue weighted by Crippen LogP contribution is 2.05. The predicted molar refractivity (Wildman–Crippen MR) is 50.1 cm³/mol. The van der Waals surface area contributed by atoms with Gasteiger partial charge in [-0.05, 0) is 13.3 Å². The largest absolute Gasteiger partial charge is 0.480 e. The Labute approximate surface area is 86.3 Å². The first-order chi connectivity index (χ1) is 6.84. The van der Waals surface area contributed by atoms with Crippen LogP contribution in [0.5, 0.6) is 0 Å². The van der Waals surface area contributed by atoms with Crippen LogP contribution in [0, 0.1) is 0 Å². The van der Waals surface area contributed by atoms with E-state index in [-0.39, 0.29) is 5.91 Å². The smallest absolute Gasteiger partial charge is 0.326 e. The van der Waals surface area contributed by atoms with Gasteiger partial charge in [-0.15, -0.1) is 0 Å². The minimum absolute atomic E-state index is 0.164. The summed E-state index contributed by atoms with van der Waals surface area (Å²) in [6.45, 7) is 1.42. The number of aliphatic carboxylic acids is 2. The summed E-state index contributed by atoms with van der Waals surface area (Å²) in [5.41, 5.74) is 4.84. The van der Waals surface area contributed by atoms with Crippen LogP contribution >= 0.6 is 0 Å². The number of amides is 1. The maximum atomic E-state index is 10.4. The van der Waals surface area contributed by atoms with Crippen molar-refractivity contribution in [2.24, 2.45) is 5.73 Å². The van der Waals surface area contributed by atoms with Crippen LogP contribution in [-0.4, -0.2) is 40.1 Å². The SMILES string of the molecule is C[C@H](N)C(=O)O.O=C1CC[C@@H](C(=O)O)N1. The average molecular weight is 218 g/mol. The van der Waals surface area contributed by atoms with Crippen molar-refractivity contribution in [2.75, 3.05) is 0 Å². The molecule has 1 amide bonds. The molecule has 1 rings (SSSR count). The summed E-state index contributed by atoms with van der Waals surface area (Å²) in [5.74, 6) is -2.07. The summed E-state index contributed by atoms with van der Waals surface area (Å²) in [7, 11) is 0. The first-order valence-corrected chi connectivity index (χ1v) is 4.35. The van der Waals surface area contributed by atoms with Crippen molar-refractivity contribution in [2.45, 2.75) is 31.8 Å². The summed E-state index contributed by atoms with van der Waals surface area (Å²) in [4.78, 5) is 30.1. The van der Waals surface area contributed by atoms with Gasteiger partial charge in [0.2, 0.25) is 5.91 Å². The quantitative estimate of drug-likeness (QED) is 0.459. The number of carbonyl (C=O) groups is 3. The van der Waals surface area contributed by atoms with Crippen molar-refractivity contribution < 1.29 is 24.6 Å². The Morgan fingerprint density at radius 3 is 2.13 bits per heavy atom. The lowest BCUT2D eigenvalue weighted by molar-refractivity contribution is -0.140. The monoisotopic (exact) mass is 218 g/mol. The molecule has 1 saturated heterocycles. The summed E-state index contributed by atoms with van der Waals surface area (Å²) >= 11 is 0. The minimum Gasteiger partial charge on any atom is -0.480 e. The van der Waals surface area contributed by atoms with Crippen LogP contribution in [0.4, 0.5) is 0 Å². The number of carboxylic acid groups (broad SMARTS) is 2. The third kappa shape index (κ3) is 5.63. The van der Waals surface area contributed by atoms with Gasteiger partial charge in [0, 0.05) is 6.42 Å². The number of carbonyl (C=O) groups excluding carboxylic acids is 1. The third-order valence-electron chi connectivity index (χ3n) is 1.68. The van der Waals surface area contributed by atoms with Crippen LogP contribution in [0.15, 0.2) is 0 Å². The molecule has 1 aliphatic heterocycles. The summed E-state index contributed by atoms with van der Waals surface area (Å²) in [6, 6.07) is -1.37. The number of rotatable bonds is 2. The van der Waals surface area contributed by atoms with Crippen molar-refractivity contribution >= 4 is 17.8 Å². The van der Waals surface area contributed by atoms with Crippen molar-refractivity contribution in [1.29, 1.82) is 0 Å². The lowest BCUT2D eigenvalue weighted by Crippen LogP contribution is -2.32. The Morgan fingerprint density at radius 1 is 1.53 bits per heavy atom. The first-order valence-electron chi connectivity index (χ1n) is 4.35. The summed E-state index contributed by atoms with van der Waals surface area (Å²) < 4.78 is 0. The number of nitrogens with two attached hydrogens (primary N) is 1. The molecule has 0 bridgehead atoms. The molecule has 5 N–H and O–H groups in total. The number of hydrogen-bond acceptors (Lipinski definition) is 4. The molecule has 0 aromatic heterocycles. The third-order valence-corrected chi connectivity index (χ3v) is 1.68. The van der Waals surface area contributed by atoms with Gasteiger partial charge in [-0.2, -0.15) is 0 Å². The van der Waals surface area contributed by atoms with Gasteiger partial charge in [0.05, 0.1) is 0 Å². The number of carboxylic acids is 2. The van der Waals surface area contributed by atoms with E-state index in [9.17, 15) is 14.4 Å². The van der Waals surface area contributed by atoms with Crippen LogP contribution in [0.1, 0.15) is 19.8 Å². The first kappa shape index (κ1) is 13.4. The highest BCUT2D eigenvalue weighted by molar-refractivity contribution is 5.87. The Bertz CT molecular complexity index is 264. The van der Waals surface area contributed by atoms with Crippen LogP contribution in [0.3, 0.4) is 0 Å². The fraction of sp³-hybridized carbons (Fsp3) is 0.625. The molecule has 2 atom stereocenters. The van der Waals surface area contributed by atoms with Gasteiger partial charge < -0.3 is 21.3 Å². The fourth-order valence-electron chi connectivity index (χ4n) is 0.799. The molecule has 7 heteroatoms. The number of nitrogens with one attached hydrogen (secondary N) is 1. The molecule has 0 aliphatic carbocycles. The predicted octanol–water partition coefficient (Wildman–Crippen LogP) is -1.23. The zero-order valence-electron chi connectivity index (χ0n) is 8.27. The van der Waals surface area contributed by atoms with E-state index in [1.54, 1.807) is 0 Å². The van der Waals surface area contributed by atoms with Crippen molar-refractivity contribution in [1.82, 2.24) is 5.32 Å². The van der Waals surface area contributed by atoms with E-state index in [4.69, 9.17) is 15.9 Å². The Morgan fingerprint density at radius 2 is 2.00 bits per heavy atom. The Balaban J connectivity index is 0.000000288. The zero-order valence-corrected chi connectivity index (χ0v) is 8.27. The van der Waals surface area contributed by atoms with E-state index in [1.165, 1.54) is 6.92 Å². The van der Waals surface area contributed by atoms with E-state index in [0.29, 0.717) is 12.8 Å². The minimum atomic E-state index is -0.963. The van der Waals surface area contributed by atoms with E-state index in [2.05, 4.69) is 5.32 Å². The lowest BCUT2D eigenvalue weighted by atomic mass is 10.2. The second kappa shape index (κ2) is 5.97. The van der Waals surface area contributed by atoms with Crippen LogP contribution in [0.25, 0.3) is 0 Å². The molecule has 1 fully saturated rings. The molecule has 1 aliphatic rings. The highest BCUT2D eigenvalue weighted by Gasteiger charge is 2.26. The fourth-order valence-corrected chi connectivity index (χ4v) is 0.799. The second-order valence-electron chi connectivity index (χ2n) is 3.12. The van der Waals surface area contributed by atoms with Crippen LogP contribution in [-0.2, 0) is 14.4 Å². The van der Waals surface area contributed by atoms with E-state index < -0.39 is 24.0 Å². The van der Waals surface area contributed by atoms with Gasteiger partial charge in [-0.3, -0.25) is 9.59 Å². The molecular weight excluding hydrogens is 204 g/mol. The molecular formula is C8H14N2O5. The van der Waals surface area contributed by atoms with E-state index in [1.807, 2.05) is 0 Å². The molecule has 1 heterocycles. The second-order valence-corrected chi connectivity index (χ2v) is 3.12. The molecule has 0 aromatic rings. The maximum Gasteiger partial charge on any atom is 0.326 e. The summed E-state index contributed by atoms with van der Waals surface area (Å²) in [6.07, 6.45) is 0.769. The lowest BCUT2D eigenvalue weighted by Gasteiger charge is -1.99. The zero-order chi connectivity index (χ0) is 12.0. The highest BCUT2D eigenvalue weighted by atomic mass is 16.4. The summed E-state index contributed by atoms with van der Waals surface area (Å²) in [5, 5.41) is 18.5. The van der Waals surface area contributed by atoms with Gasteiger partial charge in [-0.1, -0.05) is 0 Å². The Hall–Kier alpha value is -1.63. The maximum absolute atomic E-state index is 10.4. The molecule has 0 spiro atoms. The Kier molecular flexibility index (Phi) is 5.32. The molecule has 0 radical (unpaired) electrons.